The molecule has 1 aliphatic heterocycles. The Bertz CT molecular complexity index is 464. The van der Waals surface area contributed by atoms with E-state index in [2.05, 4.69) is 26.1 Å². The van der Waals surface area contributed by atoms with Gasteiger partial charge in [-0.2, -0.15) is 0 Å². The number of carbonyl (C=O) groups excluding carboxylic acids is 1. The average molecular weight is 371 g/mol. The number of hydrogen-bond acceptors (Lipinski definition) is 4. The van der Waals surface area contributed by atoms with Crippen LogP contribution in [0.4, 0.5) is 0 Å². The molecule has 1 amide bonds. The topological polar surface area (TPSA) is 50.8 Å². The summed E-state index contributed by atoms with van der Waals surface area (Å²) in [4.78, 5) is 14.0. The first-order valence-electron chi connectivity index (χ1n) is 7.70. The van der Waals surface area contributed by atoms with Gasteiger partial charge >= 0.3 is 0 Å². The molecule has 22 heavy (non-hydrogen) atoms. The minimum atomic E-state index is 0.0870. The number of halogens is 1. The van der Waals surface area contributed by atoms with Gasteiger partial charge in [0.05, 0.1) is 24.3 Å². The Morgan fingerprint density at radius 1 is 1.32 bits per heavy atom. The summed E-state index contributed by atoms with van der Waals surface area (Å²) in [5.74, 6) is 0.902. The zero-order chi connectivity index (χ0) is 15.6. The van der Waals surface area contributed by atoms with Crippen molar-refractivity contribution < 1.29 is 14.3 Å². The van der Waals surface area contributed by atoms with Gasteiger partial charge in [0.1, 0.15) is 5.75 Å². The van der Waals surface area contributed by atoms with Gasteiger partial charge < -0.3 is 14.8 Å². The zero-order valence-electron chi connectivity index (χ0n) is 12.7. The van der Waals surface area contributed by atoms with Gasteiger partial charge in [0.15, 0.2) is 0 Å². The van der Waals surface area contributed by atoms with Crippen molar-refractivity contribution in [2.75, 3.05) is 46.0 Å². The quantitative estimate of drug-likeness (QED) is 0.711. The highest BCUT2D eigenvalue weighted by Gasteiger charge is 2.10. The fourth-order valence-electron chi connectivity index (χ4n) is 2.24. The fraction of sp³-hybridized carbons (Fsp3) is 0.562. The van der Waals surface area contributed by atoms with Crippen LogP contribution < -0.4 is 10.1 Å². The lowest BCUT2D eigenvalue weighted by molar-refractivity contribution is -0.121. The molecule has 1 aromatic rings. The zero-order valence-corrected chi connectivity index (χ0v) is 14.3. The first-order valence-corrected chi connectivity index (χ1v) is 8.49. The number of rotatable bonds is 8. The van der Waals surface area contributed by atoms with Crippen LogP contribution >= 0.6 is 15.9 Å². The predicted molar refractivity (Wildman–Crippen MR) is 89.1 cm³/mol. The molecule has 1 saturated heterocycles. The molecule has 2 rings (SSSR count). The Kier molecular flexibility index (Phi) is 7.70. The van der Waals surface area contributed by atoms with Crippen molar-refractivity contribution in [3.05, 3.63) is 28.7 Å². The minimum Gasteiger partial charge on any atom is -0.492 e. The number of amides is 1. The van der Waals surface area contributed by atoms with E-state index in [4.69, 9.17) is 9.47 Å². The molecule has 0 radical (unpaired) electrons. The lowest BCUT2D eigenvalue weighted by Gasteiger charge is -2.26. The predicted octanol–water partition coefficient (Wildman–Crippen LogP) is 2.06. The van der Waals surface area contributed by atoms with Gasteiger partial charge in [-0.15, -0.1) is 0 Å². The van der Waals surface area contributed by atoms with E-state index in [0.717, 1.165) is 43.1 Å². The van der Waals surface area contributed by atoms with Crippen molar-refractivity contribution in [2.24, 2.45) is 0 Å². The lowest BCUT2D eigenvalue weighted by Crippen LogP contribution is -2.41. The SMILES string of the molecule is O=C(CCCOc1ccccc1Br)NCCN1CCOCC1. The number of carbonyl (C=O) groups is 1. The molecule has 0 unspecified atom stereocenters. The highest BCUT2D eigenvalue weighted by Crippen LogP contribution is 2.23. The number of nitrogens with one attached hydrogen (secondary N) is 1. The highest BCUT2D eigenvalue weighted by atomic mass is 79.9. The summed E-state index contributed by atoms with van der Waals surface area (Å²) in [5, 5.41) is 2.95. The maximum Gasteiger partial charge on any atom is 0.220 e. The number of morpholine rings is 1. The molecule has 0 saturated carbocycles. The van der Waals surface area contributed by atoms with E-state index in [9.17, 15) is 4.79 Å². The summed E-state index contributed by atoms with van der Waals surface area (Å²) in [6, 6.07) is 7.72. The Morgan fingerprint density at radius 2 is 2.09 bits per heavy atom. The van der Waals surface area contributed by atoms with Crippen LogP contribution in [0.1, 0.15) is 12.8 Å². The van der Waals surface area contributed by atoms with Crippen molar-refractivity contribution in [3.8, 4) is 5.75 Å². The maximum absolute atomic E-state index is 11.7. The molecule has 0 spiro atoms. The van der Waals surface area contributed by atoms with E-state index >= 15 is 0 Å². The van der Waals surface area contributed by atoms with E-state index in [1.807, 2.05) is 24.3 Å². The van der Waals surface area contributed by atoms with E-state index in [-0.39, 0.29) is 5.91 Å². The van der Waals surface area contributed by atoms with Crippen molar-refractivity contribution in [1.82, 2.24) is 10.2 Å². The minimum absolute atomic E-state index is 0.0870. The second-order valence-corrected chi connectivity index (χ2v) is 6.04. The molecule has 0 aromatic heterocycles. The number of nitrogens with zero attached hydrogens (tertiary/aromatic N) is 1. The molecule has 1 heterocycles. The van der Waals surface area contributed by atoms with Gasteiger partial charge in [-0.05, 0) is 34.5 Å². The molecule has 6 heteroatoms. The standard InChI is InChI=1S/C16H23BrN2O3/c17-14-4-1-2-5-15(14)22-11-3-6-16(20)18-7-8-19-9-12-21-13-10-19/h1-2,4-5H,3,6-13H2,(H,18,20). The molecule has 1 aromatic carbocycles. The molecule has 0 aliphatic carbocycles. The highest BCUT2D eigenvalue weighted by molar-refractivity contribution is 9.10. The van der Waals surface area contributed by atoms with E-state index < -0.39 is 0 Å². The number of para-hydroxylation sites is 1. The van der Waals surface area contributed by atoms with Gasteiger partial charge in [-0.3, -0.25) is 9.69 Å². The first kappa shape index (κ1) is 17.2. The van der Waals surface area contributed by atoms with Crippen LogP contribution in [0.15, 0.2) is 28.7 Å². The van der Waals surface area contributed by atoms with Crippen LogP contribution in [0.5, 0.6) is 5.75 Å². The van der Waals surface area contributed by atoms with Gasteiger partial charge in [0, 0.05) is 32.6 Å². The summed E-state index contributed by atoms with van der Waals surface area (Å²) >= 11 is 3.43. The molecule has 1 aliphatic rings. The van der Waals surface area contributed by atoms with Crippen molar-refractivity contribution >= 4 is 21.8 Å². The average Bonchev–Trinajstić information content (AvgIpc) is 2.54. The molecular weight excluding hydrogens is 348 g/mol. The first-order chi connectivity index (χ1) is 10.8. The maximum atomic E-state index is 11.7. The summed E-state index contributed by atoms with van der Waals surface area (Å²) in [7, 11) is 0. The Balaban J connectivity index is 1.51. The van der Waals surface area contributed by atoms with Gasteiger partial charge in [0.2, 0.25) is 5.91 Å². The van der Waals surface area contributed by atoms with Gasteiger partial charge in [0.25, 0.3) is 0 Å². The van der Waals surface area contributed by atoms with Crippen molar-refractivity contribution in [1.29, 1.82) is 0 Å². The lowest BCUT2D eigenvalue weighted by atomic mass is 10.3. The Labute approximate surface area is 140 Å². The third-order valence-electron chi connectivity index (χ3n) is 3.50. The van der Waals surface area contributed by atoms with E-state index in [1.54, 1.807) is 0 Å². The normalized spacial score (nSPS) is 15.5. The van der Waals surface area contributed by atoms with Crippen molar-refractivity contribution in [2.45, 2.75) is 12.8 Å². The Morgan fingerprint density at radius 3 is 2.86 bits per heavy atom. The molecule has 122 valence electrons. The van der Waals surface area contributed by atoms with Gasteiger partial charge in [-0.1, -0.05) is 12.1 Å². The summed E-state index contributed by atoms with van der Waals surface area (Å²) in [6.45, 7) is 5.62. The molecule has 0 bridgehead atoms. The van der Waals surface area contributed by atoms with Crippen LogP contribution in [0.2, 0.25) is 0 Å². The number of hydrogen-bond donors (Lipinski definition) is 1. The third-order valence-corrected chi connectivity index (χ3v) is 4.15. The van der Waals surface area contributed by atoms with Crippen LogP contribution in [0.3, 0.4) is 0 Å². The molecule has 5 nitrogen and oxygen atoms in total. The van der Waals surface area contributed by atoms with E-state index in [0.29, 0.717) is 26.0 Å². The molecule has 0 atom stereocenters. The second kappa shape index (κ2) is 9.82. The second-order valence-electron chi connectivity index (χ2n) is 5.19. The van der Waals surface area contributed by atoms with Crippen LogP contribution in [-0.2, 0) is 9.53 Å². The van der Waals surface area contributed by atoms with Crippen LogP contribution in [0.25, 0.3) is 0 Å². The Hall–Kier alpha value is -1.11. The van der Waals surface area contributed by atoms with E-state index in [1.165, 1.54) is 0 Å². The molecular formula is C16H23BrN2O3. The summed E-state index contributed by atoms with van der Waals surface area (Å²) in [5.41, 5.74) is 0. The number of benzene rings is 1. The summed E-state index contributed by atoms with van der Waals surface area (Å²) in [6.07, 6.45) is 1.21. The largest absolute Gasteiger partial charge is 0.492 e. The number of ether oxygens (including phenoxy) is 2. The smallest absolute Gasteiger partial charge is 0.220 e. The van der Waals surface area contributed by atoms with Crippen LogP contribution in [0, 0.1) is 0 Å². The third kappa shape index (κ3) is 6.34. The van der Waals surface area contributed by atoms with Gasteiger partial charge in [-0.25, -0.2) is 0 Å². The molecule has 1 N–H and O–H groups in total. The monoisotopic (exact) mass is 370 g/mol. The van der Waals surface area contributed by atoms with Crippen LogP contribution in [-0.4, -0.2) is 56.8 Å². The van der Waals surface area contributed by atoms with Crippen molar-refractivity contribution in [3.63, 3.8) is 0 Å². The molecule has 1 fully saturated rings. The summed E-state index contributed by atoms with van der Waals surface area (Å²) < 4.78 is 11.9. The fourth-order valence-corrected chi connectivity index (χ4v) is 2.64.